The van der Waals surface area contributed by atoms with Gasteiger partial charge >= 0.3 is 0 Å². The summed E-state index contributed by atoms with van der Waals surface area (Å²) in [6, 6.07) is 11.6. The molecule has 0 N–H and O–H groups in total. The number of carbonyl (C=O) groups excluding carboxylic acids is 1. The Kier molecular flexibility index (Phi) is 5.81. The molecule has 2 aliphatic heterocycles. The fourth-order valence-electron chi connectivity index (χ4n) is 4.41. The molecule has 2 heterocycles. The van der Waals surface area contributed by atoms with Crippen molar-refractivity contribution in [2.75, 3.05) is 36.7 Å². The number of amides is 1. The van der Waals surface area contributed by atoms with E-state index >= 15 is 0 Å². The molecule has 4 rings (SSSR count). The minimum atomic E-state index is -3.59. The molecule has 2 aromatic rings. The molecule has 2 aromatic carbocycles. The second-order valence-electron chi connectivity index (χ2n) is 8.46. The third kappa shape index (κ3) is 4.14. The summed E-state index contributed by atoms with van der Waals surface area (Å²) in [5.74, 6) is -0.175. The van der Waals surface area contributed by atoms with Crippen molar-refractivity contribution in [3.8, 4) is 0 Å². The predicted molar refractivity (Wildman–Crippen MR) is 123 cm³/mol. The number of hydrogen-bond donors (Lipinski definition) is 0. The fourth-order valence-corrected chi connectivity index (χ4v) is 7.10. The van der Waals surface area contributed by atoms with Crippen LogP contribution >= 0.6 is 0 Å². The molecule has 0 aromatic heterocycles. The number of aryl methyl sites for hydroxylation is 1. The lowest BCUT2D eigenvalue weighted by molar-refractivity contribution is 0.0698. The van der Waals surface area contributed by atoms with Gasteiger partial charge < -0.3 is 4.90 Å². The van der Waals surface area contributed by atoms with Gasteiger partial charge in [0.15, 0.2) is 0 Å². The second-order valence-corrected chi connectivity index (χ2v) is 12.3. The van der Waals surface area contributed by atoms with Crippen LogP contribution in [0.25, 0.3) is 0 Å². The van der Waals surface area contributed by atoms with Crippen molar-refractivity contribution >= 4 is 31.6 Å². The van der Waals surface area contributed by atoms with Crippen LogP contribution in [-0.2, 0) is 26.5 Å². The molecule has 1 atom stereocenters. The summed E-state index contributed by atoms with van der Waals surface area (Å²) in [5.41, 5.74) is 2.92. The van der Waals surface area contributed by atoms with E-state index in [-0.39, 0.29) is 29.9 Å². The van der Waals surface area contributed by atoms with Gasteiger partial charge in [-0.05, 0) is 56.2 Å². The van der Waals surface area contributed by atoms with Gasteiger partial charge in [0.1, 0.15) is 0 Å². The van der Waals surface area contributed by atoms with Crippen LogP contribution in [0.2, 0.25) is 0 Å². The van der Waals surface area contributed by atoms with Gasteiger partial charge in [0.25, 0.3) is 5.91 Å². The molecule has 0 radical (unpaired) electrons. The Morgan fingerprint density at radius 1 is 0.938 bits per heavy atom. The Hall–Kier alpha value is -2.43. The minimum Gasteiger partial charge on any atom is -0.336 e. The highest BCUT2D eigenvalue weighted by atomic mass is 32.2. The summed E-state index contributed by atoms with van der Waals surface area (Å²) in [7, 11) is -6.98. The average molecular weight is 478 g/mol. The average Bonchev–Trinajstić information content (AvgIpc) is 3.09. The monoisotopic (exact) mass is 477 g/mol. The first-order valence-electron chi connectivity index (χ1n) is 10.5. The summed E-state index contributed by atoms with van der Waals surface area (Å²) >= 11 is 0. The molecule has 1 saturated heterocycles. The van der Waals surface area contributed by atoms with Gasteiger partial charge in [-0.25, -0.2) is 16.8 Å². The first-order chi connectivity index (χ1) is 15.0. The van der Waals surface area contributed by atoms with Crippen LogP contribution in [0.3, 0.4) is 0 Å². The zero-order valence-electron chi connectivity index (χ0n) is 18.4. The molecular weight excluding hydrogens is 450 g/mol. The number of piperazine rings is 1. The molecule has 172 valence electrons. The van der Waals surface area contributed by atoms with Crippen molar-refractivity contribution in [3.05, 3.63) is 59.2 Å². The van der Waals surface area contributed by atoms with Crippen molar-refractivity contribution in [1.82, 2.24) is 9.21 Å². The van der Waals surface area contributed by atoms with Crippen LogP contribution in [0.1, 0.15) is 28.4 Å². The van der Waals surface area contributed by atoms with E-state index < -0.39 is 20.0 Å². The Bertz CT molecular complexity index is 1250. The number of hydrogen-bond acceptors (Lipinski definition) is 5. The number of benzene rings is 2. The van der Waals surface area contributed by atoms with E-state index in [0.29, 0.717) is 30.8 Å². The zero-order chi connectivity index (χ0) is 23.3. The normalized spacial score (nSPS) is 19.8. The van der Waals surface area contributed by atoms with Crippen molar-refractivity contribution in [2.45, 2.75) is 31.2 Å². The standard InChI is InChI=1S/C22H27N3O5S2/c1-16-4-7-20(8-5-16)32(29,30)24-12-10-23(11-13-24)22(26)18-6-9-21-19(15-18)14-17(2)25(21)31(3,27)28/h4-9,15,17H,10-14H2,1-3H3/t17-/m0/s1. The van der Waals surface area contributed by atoms with E-state index in [1.807, 2.05) is 13.8 Å². The molecule has 2 aliphatic rings. The molecule has 0 unspecified atom stereocenters. The number of sulfonamides is 2. The lowest BCUT2D eigenvalue weighted by Crippen LogP contribution is -2.50. The van der Waals surface area contributed by atoms with E-state index in [4.69, 9.17) is 0 Å². The Morgan fingerprint density at radius 2 is 1.56 bits per heavy atom. The third-order valence-corrected chi connectivity index (χ3v) is 9.21. The van der Waals surface area contributed by atoms with Crippen LogP contribution in [0, 0.1) is 6.92 Å². The number of anilines is 1. The Balaban J connectivity index is 1.47. The lowest BCUT2D eigenvalue weighted by Gasteiger charge is -2.34. The maximum absolute atomic E-state index is 13.0. The quantitative estimate of drug-likeness (QED) is 0.670. The third-order valence-electron chi connectivity index (χ3n) is 6.02. The molecule has 0 bridgehead atoms. The molecule has 1 fully saturated rings. The van der Waals surface area contributed by atoms with E-state index in [2.05, 4.69) is 0 Å². The highest BCUT2D eigenvalue weighted by molar-refractivity contribution is 7.92. The van der Waals surface area contributed by atoms with Gasteiger partial charge in [-0.1, -0.05) is 17.7 Å². The fraction of sp³-hybridized carbons (Fsp3) is 0.409. The molecular formula is C22H27N3O5S2. The zero-order valence-corrected chi connectivity index (χ0v) is 20.0. The summed E-state index contributed by atoms with van der Waals surface area (Å²) in [6.07, 6.45) is 1.73. The van der Waals surface area contributed by atoms with Crippen LogP contribution < -0.4 is 4.31 Å². The number of fused-ring (bicyclic) bond motifs is 1. The number of carbonyl (C=O) groups is 1. The van der Waals surface area contributed by atoms with E-state index in [1.165, 1.54) is 14.9 Å². The predicted octanol–water partition coefficient (Wildman–Crippen LogP) is 1.85. The van der Waals surface area contributed by atoms with Crippen LogP contribution in [0.4, 0.5) is 5.69 Å². The highest BCUT2D eigenvalue weighted by Crippen LogP contribution is 2.35. The maximum Gasteiger partial charge on any atom is 0.253 e. The van der Waals surface area contributed by atoms with Crippen LogP contribution in [0.5, 0.6) is 0 Å². The van der Waals surface area contributed by atoms with E-state index in [0.717, 1.165) is 11.1 Å². The smallest absolute Gasteiger partial charge is 0.253 e. The van der Waals surface area contributed by atoms with Gasteiger partial charge in [0.05, 0.1) is 16.8 Å². The second kappa shape index (κ2) is 8.17. The van der Waals surface area contributed by atoms with Crippen molar-refractivity contribution in [2.24, 2.45) is 0 Å². The first-order valence-corrected chi connectivity index (χ1v) is 13.8. The summed E-state index contributed by atoms with van der Waals surface area (Å²) < 4.78 is 52.8. The lowest BCUT2D eigenvalue weighted by atomic mass is 10.1. The topological polar surface area (TPSA) is 95.1 Å². The molecule has 32 heavy (non-hydrogen) atoms. The largest absolute Gasteiger partial charge is 0.336 e. The Labute approximate surface area is 189 Å². The van der Waals surface area contributed by atoms with Crippen molar-refractivity contribution < 1.29 is 21.6 Å². The summed E-state index contributed by atoms with van der Waals surface area (Å²) in [6.45, 7) is 4.80. The molecule has 0 aliphatic carbocycles. The molecule has 10 heteroatoms. The molecule has 1 amide bonds. The summed E-state index contributed by atoms with van der Waals surface area (Å²) in [5, 5.41) is 0. The molecule has 8 nitrogen and oxygen atoms in total. The number of nitrogens with zero attached hydrogens (tertiary/aromatic N) is 3. The number of rotatable bonds is 4. The van der Waals surface area contributed by atoms with Gasteiger partial charge in [0, 0.05) is 37.8 Å². The first kappa shape index (κ1) is 22.8. The minimum absolute atomic E-state index is 0.175. The molecule has 0 saturated carbocycles. The van der Waals surface area contributed by atoms with Crippen LogP contribution in [0.15, 0.2) is 47.4 Å². The highest BCUT2D eigenvalue weighted by Gasteiger charge is 2.34. The van der Waals surface area contributed by atoms with Gasteiger partial charge in [-0.3, -0.25) is 9.10 Å². The maximum atomic E-state index is 13.0. The van der Waals surface area contributed by atoms with E-state index in [9.17, 15) is 21.6 Å². The SMILES string of the molecule is Cc1ccc(S(=O)(=O)N2CCN(C(=O)c3ccc4c(c3)C[C@H](C)N4S(C)(=O)=O)CC2)cc1. The van der Waals surface area contributed by atoms with Crippen molar-refractivity contribution in [3.63, 3.8) is 0 Å². The van der Waals surface area contributed by atoms with Gasteiger partial charge in [0.2, 0.25) is 20.0 Å². The molecule has 0 spiro atoms. The van der Waals surface area contributed by atoms with E-state index in [1.54, 1.807) is 47.4 Å². The van der Waals surface area contributed by atoms with Gasteiger partial charge in [-0.15, -0.1) is 0 Å². The van der Waals surface area contributed by atoms with Gasteiger partial charge in [-0.2, -0.15) is 4.31 Å². The Morgan fingerprint density at radius 3 is 2.16 bits per heavy atom. The van der Waals surface area contributed by atoms with Crippen LogP contribution in [-0.4, -0.2) is 70.4 Å². The summed E-state index contributed by atoms with van der Waals surface area (Å²) in [4.78, 5) is 15.0. The van der Waals surface area contributed by atoms with Crippen molar-refractivity contribution in [1.29, 1.82) is 0 Å².